The van der Waals surface area contributed by atoms with Gasteiger partial charge in [-0.05, 0) is 31.4 Å². The molecule has 0 fully saturated rings. The van der Waals surface area contributed by atoms with Gasteiger partial charge in [0.2, 0.25) is 0 Å². The Bertz CT molecular complexity index is 771. The van der Waals surface area contributed by atoms with E-state index >= 15 is 0 Å². The van der Waals surface area contributed by atoms with Gasteiger partial charge in [0.1, 0.15) is 0 Å². The number of halogens is 1. The third-order valence-corrected chi connectivity index (χ3v) is 4.27. The van der Waals surface area contributed by atoms with Crippen LogP contribution in [0.15, 0.2) is 30.5 Å². The van der Waals surface area contributed by atoms with Crippen LogP contribution in [0.2, 0.25) is 5.02 Å². The van der Waals surface area contributed by atoms with Crippen LogP contribution in [-0.4, -0.2) is 33.3 Å². The highest BCUT2D eigenvalue weighted by molar-refractivity contribution is 6.32. The quantitative estimate of drug-likeness (QED) is 0.790. The van der Waals surface area contributed by atoms with Crippen molar-refractivity contribution < 1.29 is 14.7 Å². The Labute approximate surface area is 151 Å². The lowest BCUT2D eigenvalue weighted by Gasteiger charge is -2.15. The third kappa shape index (κ3) is 4.60. The lowest BCUT2D eigenvalue weighted by molar-refractivity contribution is -0.142. The smallest absolute Gasteiger partial charge is 0.308 e. The minimum absolute atomic E-state index is 0.0864. The van der Waals surface area contributed by atoms with E-state index in [1.165, 1.54) is 6.20 Å². The molecular weight excluding hydrogens is 342 g/mol. The first-order chi connectivity index (χ1) is 11.8. The van der Waals surface area contributed by atoms with E-state index in [2.05, 4.69) is 10.4 Å². The summed E-state index contributed by atoms with van der Waals surface area (Å²) in [5.41, 5.74) is 1.72. The third-order valence-electron chi connectivity index (χ3n) is 3.95. The highest BCUT2D eigenvalue weighted by Crippen LogP contribution is 2.22. The molecule has 25 heavy (non-hydrogen) atoms. The minimum atomic E-state index is -0.905. The molecule has 1 amide bonds. The van der Waals surface area contributed by atoms with Gasteiger partial charge in [-0.3, -0.25) is 9.59 Å². The normalized spacial score (nSPS) is 12.2. The van der Waals surface area contributed by atoms with E-state index in [9.17, 15) is 14.7 Å². The molecule has 0 bridgehead atoms. The predicted octanol–water partition coefficient (Wildman–Crippen LogP) is 3.31. The zero-order valence-corrected chi connectivity index (χ0v) is 15.2. The molecule has 0 aliphatic carbocycles. The Morgan fingerprint density at radius 2 is 2.00 bits per heavy atom. The summed E-state index contributed by atoms with van der Waals surface area (Å²) in [5, 5.41) is 16.7. The number of carboxylic acid groups (broad SMARTS) is 1. The molecule has 1 unspecified atom stereocenters. The minimum Gasteiger partial charge on any atom is -0.481 e. The van der Waals surface area contributed by atoms with Crippen LogP contribution in [0.1, 0.15) is 36.3 Å². The molecule has 1 aromatic carbocycles. The van der Waals surface area contributed by atoms with Crippen LogP contribution in [0, 0.1) is 18.8 Å². The number of carboxylic acids is 1. The van der Waals surface area contributed by atoms with Gasteiger partial charge < -0.3 is 10.4 Å². The topological polar surface area (TPSA) is 84.2 Å². The Balaban J connectivity index is 2.13. The van der Waals surface area contributed by atoms with Crippen LogP contribution in [0.4, 0.5) is 0 Å². The largest absolute Gasteiger partial charge is 0.481 e. The molecule has 7 heteroatoms. The number of rotatable bonds is 7. The first-order valence-corrected chi connectivity index (χ1v) is 8.49. The molecule has 0 aliphatic heterocycles. The lowest BCUT2D eigenvalue weighted by Crippen LogP contribution is -2.33. The van der Waals surface area contributed by atoms with Crippen molar-refractivity contribution in [2.45, 2.75) is 27.2 Å². The van der Waals surface area contributed by atoms with Crippen LogP contribution in [0.3, 0.4) is 0 Å². The van der Waals surface area contributed by atoms with E-state index < -0.39 is 11.9 Å². The molecular formula is C18H22ClN3O3. The number of aromatic nitrogens is 2. The maximum atomic E-state index is 12.4. The Morgan fingerprint density at radius 3 is 2.60 bits per heavy atom. The number of benzene rings is 1. The molecule has 0 radical (unpaired) electrons. The maximum Gasteiger partial charge on any atom is 0.308 e. The number of aliphatic carboxylic acids is 1. The standard InChI is InChI=1S/C18H22ClN3O3/c1-11(2)8-13(18(24)25)9-20-17(23)14-10-21-22(12(14)3)16-7-5-4-6-15(16)19/h4-7,10-11,13H,8-9H2,1-3H3,(H,20,23)(H,24,25). The van der Waals surface area contributed by atoms with Gasteiger partial charge in [0.05, 0.1) is 34.1 Å². The fraction of sp³-hybridized carbons (Fsp3) is 0.389. The summed E-state index contributed by atoms with van der Waals surface area (Å²) in [6.07, 6.45) is 1.97. The van der Waals surface area contributed by atoms with E-state index in [1.807, 2.05) is 32.0 Å². The van der Waals surface area contributed by atoms with E-state index in [0.717, 1.165) is 0 Å². The molecule has 0 spiro atoms. The second kappa shape index (κ2) is 8.16. The van der Waals surface area contributed by atoms with Crippen molar-refractivity contribution in [1.29, 1.82) is 0 Å². The van der Waals surface area contributed by atoms with Crippen LogP contribution < -0.4 is 5.32 Å². The number of nitrogens with one attached hydrogen (secondary N) is 1. The Morgan fingerprint density at radius 1 is 1.32 bits per heavy atom. The zero-order valence-electron chi connectivity index (χ0n) is 14.5. The second-order valence-corrected chi connectivity index (χ2v) is 6.79. The van der Waals surface area contributed by atoms with Crippen molar-refractivity contribution in [3.05, 3.63) is 46.7 Å². The summed E-state index contributed by atoms with van der Waals surface area (Å²) >= 11 is 6.18. The highest BCUT2D eigenvalue weighted by Gasteiger charge is 2.22. The number of amides is 1. The molecule has 0 aliphatic rings. The monoisotopic (exact) mass is 363 g/mol. The molecule has 1 aromatic heterocycles. The van der Waals surface area contributed by atoms with Crippen molar-refractivity contribution in [1.82, 2.24) is 15.1 Å². The highest BCUT2D eigenvalue weighted by atomic mass is 35.5. The number of nitrogens with zero attached hydrogens (tertiary/aromatic N) is 2. The van der Waals surface area contributed by atoms with Gasteiger partial charge in [-0.2, -0.15) is 5.10 Å². The van der Waals surface area contributed by atoms with Crippen LogP contribution >= 0.6 is 11.6 Å². The fourth-order valence-electron chi connectivity index (χ4n) is 2.65. The summed E-state index contributed by atoms with van der Waals surface area (Å²) in [7, 11) is 0. The predicted molar refractivity (Wildman–Crippen MR) is 96.2 cm³/mol. The number of hydrogen-bond donors (Lipinski definition) is 2. The summed E-state index contributed by atoms with van der Waals surface area (Å²) in [4.78, 5) is 23.7. The van der Waals surface area contributed by atoms with E-state index in [0.29, 0.717) is 28.4 Å². The molecule has 0 saturated heterocycles. The van der Waals surface area contributed by atoms with Gasteiger partial charge >= 0.3 is 5.97 Å². The van der Waals surface area contributed by atoms with E-state index in [4.69, 9.17) is 11.6 Å². The Kier molecular flexibility index (Phi) is 6.20. The average molecular weight is 364 g/mol. The molecule has 6 nitrogen and oxygen atoms in total. The molecule has 0 saturated carbocycles. The summed E-state index contributed by atoms with van der Waals surface area (Å²) in [6, 6.07) is 7.22. The summed E-state index contributed by atoms with van der Waals surface area (Å²) < 4.78 is 1.60. The second-order valence-electron chi connectivity index (χ2n) is 6.38. The van der Waals surface area contributed by atoms with Crippen LogP contribution in [-0.2, 0) is 4.79 Å². The van der Waals surface area contributed by atoms with Gasteiger partial charge in [-0.25, -0.2) is 4.68 Å². The van der Waals surface area contributed by atoms with E-state index in [-0.39, 0.29) is 18.4 Å². The van der Waals surface area contributed by atoms with Crippen molar-refractivity contribution in [2.75, 3.05) is 6.54 Å². The van der Waals surface area contributed by atoms with Crippen molar-refractivity contribution in [3.63, 3.8) is 0 Å². The van der Waals surface area contributed by atoms with Crippen molar-refractivity contribution in [3.8, 4) is 5.69 Å². The number of para-hydroxylation sites is 1. The molecule has 134 valence electrons. The fourth-order valence-corrected chi connectivity index (χ4v) is 2.87. The number of carbonyl (C=O) groups is 2. The van der Waals surface area contributed by atoms with Gasteiger partial charge in [-0.15, -0.1) is 0 Å². The summed E-state index contributed by atoms with van der Waals surface area (Å²) in [6.45, 7) is 5.77. The van der Waals surface area contributed by atoms with Gasteiger partial charge in [-0.1, -0.05) is 37.6 Å². The van der Waals surface area contributed by atoms with Gasteiger partial charge in [0.15, 0.2) is 0 Å². The molecule has 2 aromatic rings. The SMILES string of the molecule is Cc1c(C(=O)NCC(CC(C)C)C(=O)O)cnn1-c1ccccc1Cl. The molecule has 1 heterocycles. The van der Waals surface area contributed by atoms with Gasteiger partial charge in [0.25, 0.3) is 5.91 Å². The summed E-state index contributed by atoms with van der Waals surface area (Å²) in [5.74, 6) is -1.62. The molecule has 1 atom stereocenters. The van der Waals surface area contributed by atoms with Crippen LogP contribution in [0.5, 0.6) is 0 Å². The Hall–Kier alpha value is -2.34. The number of hydrogen-bond acceptors (Lipinski definition) is 3. The zero-order chi connectivity index (χ0) is 18.6. The maximum absolute atomic E-state index is 12.4. The average Bonchev–Trinajstić information content (AvgIpc) is 2.92. The molecule has 2 rings (SSSR count). The van der Waals surface area contributed by atoms with Crippen LogP contribution in [0.25, 0.3) is 5.69 Å². The number of carbonyl (C=O) groups excluding carboxylic acids is 1. The first-order valence-electron chi connectivity index (χ1n) is 8.11. The molecule has 2 N–H and O–H groups in total. The lowest BCUT2D eigenvalue weighted by atomic mass is 9.97. The van der Waals surface area contributed by atoms with Crippen molar-refractivity contribution >= 4 is 23.5 Å². The van der Waals surface area contributed by atoms with Gasteiger partial charge in [0, 0.05) is 6.54 Å². The first kappa shape index (κ1) is 19.0. The van der Waals surface area contributed by atoms with Crippen molar-refractivity contribution in [2.24, 2.45) is 11.8 Å². The van der Waals surface area contributed by atoms with E-state index in [1.54, 1.807) is 17.7 Å².